The summed E-state index contributed by atoms with van der Waals surface area (Å²) >= 11 is 1.30. The first-order valence-electron chi connectivity index (χ1n) is 9.92. The fourth-order valence-electron chi connectivity index (χ4n) is 3.68. The molecule has 0 aliphatic carbocycles. The molecular formula is C24H22N2O4S. The van der Waals surface area contributed by atoms with Crippen molar-refractivity contribution in [3.8, 4) is 5.75 Å². The number of ether oxygens (including phenoxy) is 2. The van der Waals surface area contributed by atoms with E-state index in [-0.39, 0.29) is 12.2 Å². The zero-order chi connectivity index (χ0) is 22.0. The van der Waals surface area contributed by atoms with E-state index >= 15 is 0 Å². The van der Waals surface area contributed by atoms with E-state index in [0.29, 0.717) is 31.9 Å². The van der Waals surface area contributed by atoms with E-state index in [4.69, 9.17) is 9.47 Å². The molecule has 0 saturated carbocycles. The van der Waals surface area contributed by atoms with Gasteiger partial charge in [-0.3, -0.25) is 9.36 Å². The third kappa shape index (κ3) is 3.84. The van der Waals surface area contributed by atoms with Crippen molar-refractivity contribution in [2.45, 2.75) is 19.9 Å². The summed E-state index contributed by atoms with van der Waals surface area (Å²) in [7, 11) is 1.57. The number of allylic oxidation sites excluding steroid dienone is 1. The molecular weight excluding hydrogens is 412 g/mol. The fourth-order valence-corrected chi connectivity index (χ4v) is 4.73. The van der Waals surface area contributed by atoms with Crippen LogP contribution < -0.4 is 19.6 Å². The van der Waals surface area contributed by atoms with Gasteiger partial charge in [0.25, 0.3) is 5.56 Å². The summed E-state index contributed by atoms with van der Waals surface area (Å²) in [4.78, 5) is 31.5. The molecule has 0 amide bonds. The second-order valence-electron chi connectivity index (χ2n) is 6.95. The lowest BCUT2D eigenvalue weighted by Gasteiger charge is -2.25. The number of esters is 1. The van der Waals surface area contributed by atoms with Gasteiger partial charge in [0.05, 0.1) is 29.5 Å². The summed E-state index contributed by atoms with van der Waals surface area (Å²) in [5, 5.41) is 0. The van der Waals surface area contributed by atoms with Crippen LogP contribution in [0.25, 0.3) is 6.08 Å². The Morgan fingerprint density at radius 3 is 2.58 bits per heavy atom. The van der Waals surface area contributed by atoms with Crippen LogP contribution in [0.1, 0.15) is 31.0 Å². The minimum absolute atomic E-state index is 0.210. The van der Waals surface area contributed by atoms with Gasteiger partial charge in [0.1, 0.15) is 11.8 Å². The number of methoxy groups -OCH3 is 1. The smallest absolute Gasteiger partial charge is 0.338 e. The number of fused-ring (bicyclic) bond motifs is 1. The number of aromatic nitrogens is 1. The number of rotatable bonds is 5. The van der Waals surface area contributed by atoms with Gasteiger partial charge in [-0.25, -0.2) is 9.79 Å². The molecule has 2 heterocycles. The average Bonchev–Trinajstić information content (AvgIpc) is 3.08. The van der Waals surface area contributed by atoms with E-state index in [0.717, 1.165) is 5.56 Å². The summed E-state index contributed by atoms with van der Waals surface area (Å²) in [5.74, 6) is 0.0960. The molecule has 0 N–H and O–H groups in total. The lowest BCUT2D eigenvalue weighted by molar-refractivity contribution is -0.139. The molecule has 1 aliphatic heterocycles. The molecule has 1 aliphatic rings. The van der Waals surface area contributed by atoms with E-state index in [1.54, 1.807) is 25.5 Å². The first kappa shape index (κ1) is 20.8. The lowest BCUT2D eigenvalue weighted by Crippen LogP contribution is -2.40. The van der Waals surface area contributed by atoms with Gasteiger partial charge < -0.3 is 9.47 Å². The molecule has 4 rings (SSSR count). The number of hydrogen-bond acceptors (Lipinski definition) is 6. The monoisotopic (exact) mass is 434 g/mol. The highest BCUT2D eigenvalue weighted by Gasteiger charge is 2.34. The van der Waals surface area contributed by atoms with Gasteiger partial charge in [0.2, 0.25) is 0 Å². The van der Waals surface area contributed by atoms with Crippen LogP contribution >= 0.6 is 11.3 Å². The highest BCUT2D eigenvalue weighted by atomic mass is 32.1. The topological polar surface area (TPSA) is 69.9 Å². The standard InChI is InChI=1S/C24H22N2O4S/c1-4-30-23(28)20-15(2)25-24-26(21(20)17-12-8-9-13-18(17)29-3)22(27)19(31-24)14-16-10-6-5-7-11-16/h5-14,21H,4H2,1-3H3/b19-14+/t21-/m1/s1. The summed E-state index contributed by atoms with van der Waals surface area (Å²) in [5.41, 5.74) is 2.28. The summed E-state index contributed by atoms with van der Waals surface area (Å²) < 4.78 is 13.0. The number of thiazole rings is 1. The van der Waals surface area contributed by atoms with E-state index in [1.165, 1.54) is 11.3 Å². The molecule has 0 fully saturated rings. The van der Waals surface area contributed by atoms with Gasteiger partial charge in [0.15, 0.2) is 4.80 Å². The molecule has 0 spiro atoms. The zero-order valence-electron chi connectivity index (χ0n) is 17.5. The molecule has 0 unspecified atom stereocenters. The van der Waals surface area contributed by atoms with Crippen LogP contribution in [0.15, 0.2) is 75.7 Å². The number of hydrogen-bond donors (Lipinski definition) is 0. The van der Waals surface area contributed by atoms with Gasteiger partial charge in [-0.1, -0.05) is 59.9 Å². The van der Waals surface area contributed by atoms with Crippen molar-refractivity contribution in [1.29, 1.82) is 0 Å². The van der Waals surface area contributed by atoms with Crippen LogP contribution in [0.5, 0.6) is 5.75 Å². The largest absolute Gasteiger partial charge is 0.496 e. The summed E-state index contributed by atoms with van der Waals surface area (Å²) in [6, 6.07) is 16.3. The van der Waals surface area contributed by atoms with Crippen molar-refractivity contribution < 1.29 is 14.3 Å². The number of nitrogens with zero attached hydrogens (tertiary/aromatic N) is 2. The number of carbonyl (C=O) groups is 1. The maximum atomic E-state index is 13.5. The fraction of sp³-hybridized carbons (Fsp3) is 0.208. The summed E-state index contributed by atoms with van der Waals surface area (Å²) in [6.07, 6.45) is 1.84. The first-order chi connectivity index (χ1) is 15.0. The van der Waals surface area contributed by atoms with E-state index in [9.17, 15) is 9.59 Å². The van der Waals surface area contributed by atoms with Crippen LogP contribution in [0, 0.1) is 0 Å². The molecule has 7 heteroatoms. The van der Waals surface area contributed by atoms with Crippen molar-refractivity contribution in [3.05, 3.63) is 96.7 Å². The van der Waals surface area contributed by atoms with Crippen LogP contribution in [-0.4, -0.2) is 24.3 Å². The minimum Gasteiger partial charge on any atom is -0.496 e. The Labute approximate surface area is 183 Å². The van der Waals surface area contributed by atoms with Crippen molar-refractivity contribution in [2.75, 3.05) is 13.7 Å². The molecule has 1 atom stereocenters. The molecule has 31 heavy (non-hydrogen) atoms. The Balaban J connectivity index is 2.00. The Kier molecular flexibility index (Phi) is 5.86. The Hall–Kier alpha value is -3.45. The minimum atomic E-state index is -0.690. The van der Waals surface area contributed by atoms with Gasteiger partial charge in [0, 0.05) is 5.56 Å². The lowest BCUT2D eigenvalue weighted by atomic mass is 9.95. The van der Waals surface area contributed by atoms with Crippen LogP contribution in [-0.2, 0) is 9.53 Å². The first-order valence-corrected chi connectivity index (χ1v) is 10.7. The molecule has 0 bridgehead atoms. The molecule has 0 radical (unpaired) electrons. The van der Waals surface area contributed by atoms with Crippen molar-refractivity contribution in [3.63, 3.8) is 0 Å². The van der Waals surface area contributed by atoms with Gasteiger partial charge >= 0.3 is 5.97 Å². The van der Waals surface area contributed by atoms with Crippen molar-refractivity contribution in [2.24, 2.45) is 4.99 Å². The van der Waals surface area contributed by atoms with Crippen molar-refractivity contribution in [1.82, 2.24) is 4.57 Å². The number of para-hydroxylation sites is 1. The van der Waals surface area contributed by atoms with Crippen LogP contribution in [0.2, 0.25) is 0 Å². The van der Waals surface area contributed by atoms with Crippen LogP contribution in [0.4, 0.5) is 0 Å². The molecule has 158 valence electrons. The Bertz CT molecular complexity index is 1340. The number of carbonyl (C=O) groups excluding carboxylic acids is 1. The molecule has 2 aromatic carbocycles. The van der Waals surface area contributed by atoms with E-state index in [2.05, 4.69) is 4.99 Å². The summed E-state index contributed by atoms with van der Waals surface area (Å²) in [6.45, 7) is 3.75. The maximum absolute atomic E-state index is 13.5. The SMILES string of the molecule is CCOC(=O)C1=C(C)N=c2s/c(=C/c3ccccc3)c(=O)n2[C@@H]1c1ccccc1OC. The third-order valence-electron chi connectivity index (χ3n) is 5.05. The average molecular weight is 435 g/mol. The van der Waals surface area contributed by atoms with Crippen LogP contribution in [0.3, 0.4) is 0 Å². The Morgan fingerprint density at radius 1 is 1.16 bits per heavy atom. The van der Waals surface area contributed by atoms with Crippen molar-refractivity contribution >= 4 is 23.4 Å². The highest BCUT2D eigenvalue weighted by molar-refractivity contribution is 7.07. The second kappa shape index (κ2) is 8.73. The highest BCUT2D eigenvalue weighted by Crippen LogP contribution is 2.35. The Morgan fingerprint density at radius 2 is 1.87 bits per heavy atom. The normalized spacial score (nSPS) is 16.0. The molecule has 1 aromatic heterocycles. The molecule has 0 saturated heterocycles. The zero-order valence-corrected chi connectivity index (χ0v) is 18.3. The second-order valence-corrected chi connectivity index (χ2v) is 7.96. The predicted octanol–water partition coefficient (Wildman–Crippen LogP) is 2.81. The third-order valence-corrected chi connectivity index (χ3v) is 6.03. The predicted molar refractivity (Wildman–Crippen MR) is 120 cm³/mol. The van der Waals surface area contributed by atoms with E-state index in [1.807, 2.05) is 60.7 Å². The van der Waals surface area contributed by atoms with Gasteiger partial charge in [-0.15, -0.1) is 0 Å². The molecule has 3 aromatic rings. The maximum Gasteiger partial charge on any atom is 0.338 e. The van der Waals surface area contributed by atoms with Gasteiger partial charge in [-0.2, -0.15) is 0 Å². The number of benzene rings is 2. The van der Waals surface area contributed by atoms with E-state index < -0.39 is 12.0 Å². The van der Waals surface area contributed by atoms with Gasteiger partial charge in [-0.05, 0) is 31.6 Å². The molecule has 6 nitrogen and oxygen atoms in total. The quantitative estimate of drug-likeness (QED) is 0.579.